The van der Waals surface area contributed by atoms with Gasteiger partial charge in [0.2, 0.25) is 11.8 Å². The van der Waals surface area contributed by atoms with Gasteiger partial charge in [0.1, 0.15) is 11.9 Å². The first-order valence-corrected chi connectivity index (χ1v) is 12.4. The Morgan fingerprint density at radius 1 is 0.886 bits per heavy atom. The van der Waals surface area contributed by atoms with Gasteiger partial charge in [-0.2, -0.15) is 0 Å². The Bertz CT molecular complexity index is 1070. The molecule has 3 aromatic carbocycles. The topological polar surface area (TPSA) is 49.4 Å². The van der Waals surface area contributed by atoms with E-state index >= 15 is 0 Å². The van der Waals surface area contributed by atoms with Gasteiger partial charge in [-0.1, -0.05) is 85.6 Å². The van der Waals surface area contributed by atoms with Gasteiger partial charge in [0.25, 0.3) is 0 Å². The van der Waals surface area contributed by atoms with Crippen LogP contribution in [0.25, 0.3) is 0 Å². The van der Waals surface area contributed by atoms with Crippen molar-refractivity contribution in [2.75, 3.05) is 6.54 Å². The minimum Gasteiger partial charge on any atom is -0.354 e. The summed E-state index contributed by atoms with van der Waals surface area (Å²) < 4.78 is 13.5. The summed E-state index contributed by atoms with van der Waals surface area (Å²) in [5, 5.41) is 3.02. The molecule has 0 aliphatic carbocycles. The Morgan fingerprint density at radius 2 is 1.54 bits per heavy atom. The van der Waals surface area contributed by atoms with Crippen molar-refractivity contribution in [2.45, 2.75) is 58.5 Å². The second-order valence-corrected chi connectivity index (χ2v) is 8.98. The lowest BCUT2D eigenvalue weighted by atomic mass is 10.0. The zero-order valence-electron chi connectivity index (χ0n) is 20.7. The van der Waals surface area contributed by atoms with Crippen molar-refractivity contribution in [3.63, 3.8) is 0 Å². The van der Waals surface area contributed by atoms with Crippen molar-refractivity contribution >= 4 is 11.8 Å². The number of benzene rings is 3. The molecule has 35 heavy (non-hydrogen) atoms. The molecule has 1 atom stereocenters. The highest BCUT2D eigenvalue weighted by Gasteiger charge is 2.30. The second-order valence-electron chi connectivity index (χ2n) is 8.98. The van der Waals surface area contributed by atoms with Crippen LogP contribution in [-0.2, 0) is 29.0 Å². The summed E-state index contributed by atoms with van der Waals surface area (Å²) in [7, 11) is 0. The summed E-state index contributed by atoms with van der Waals surface area (Å²) >= 11 is 0. The van der Waals surface area contributed by atoms with Gasteiger partial charge >= 0.3 is 0 Å². The number of rotatable bonds is 12. The number of hydrogen-bond acceptors (Lipinski definition) is 2. The van der Waals surface area contributed by atoms with Gasteiger partial charge in [-0.05, 0) is 48.6 Å². The maximum Gasteiger partial charge on any atom is 0.243 e. The van der Waals surface area contributed by atoms with E-state index in [1.165, 1.54) is 17.7 Å². The molecule has 0 bridgehead atoms. The molecule has 0 aliphatic rings. The monoisotopic (exact) mass is 474 g/mol. The van der Waals surface area contributed by atoms with Crippen molar-refractivity contribution < 1.29 is 14.0 Å². The van der Waals surface area contributed by atoms with Crippen LogP contribution in [-0.4, -0.2) is 29.3 Å². The van der Waals surface area contributed by atoms with E-state index in [2.05, 4.69) is 12.2 Å². The predicted octanol–water partition coefficient (Wildman–Crippen LogP) is 5.62. The molecular weight excluding hydrogens is 439 g/mol. The van der Waals surface area contributed by atoms with Crippen molar-refractivity contribution in [1.29, 1.82) is 0 Å². The molecule has 1 N–H and O–H groups in total. The SMILES string of the molecule is CCCCNC(=O)[C@H](Cc1ccccc1)N(Cc1ccc(F)cc1)C(=O)CCc1ccc(C)cc1. The van der Waals surface area contributed by atoms with Gasteiger partial charge in [-0.3, -0.25) is 9.59 Å². The zero-order valence-corrected chi connectivity index (χ0v) is 20.7. The number of halogens is 1. The van der Waals surface area contributed by atoms with Gasteiger partial charge in [0, 0.05) is 25.9 Å². The summed E-state index contributed by atoms with van der Waals surface area (Å²) in [6, 6.07) is 23.3. The number of aryl methyl sites for hydroxylation is 2. The standard InChI is InChI=1S/C30H35FN2O2/c1-3-4-20-32-30(35)28(21-25-8-6-5-7-9-25)33(22-26-14-17-27(31)18-15-26)29(34)19-16-24-12-10-23(2)11-13-24/h5-15,17-18,28H,3-4,16,19-22H2,1-2H3,(H,32,35)/t28-/m0/s1. The number of carbonyl (C=O) groups excluding carboxylic acids is 2. The van der Waals surface area contributed by atoms with E-state index in [9.17, 15) is 14.0 Å². The van der Waals surface area contributed by atoms with Gasteiger partial charge in [0.05, 0.1) is 0 Å². The molecule has 3 rings (SSSR count). The lowest BCUT2D eigenvalue weighted by molar-refractivity contribution is -0.141. The Morgan fingerprint density at radius 3 is 2.20 bits per heavy atom. The highest BCUT2D eigenvalue weighted by atomic mass is 19.1. The molecule has 0 saturated carbocycles. The molecule has 0 radical (unpaired) electrons. The maximum atomic E-state index is 13.6. The Kier molecular flexibility index (Phi) is 10.0. The zero-order chi connectivity index (χ0) is 25.0. The third-order valence-corrected chi connectivity index (χ3v) is 6.11. The van der Waals surface area contributed by atoms with Crippen molar-refractivity contribution in [1.82, 2.24) is 10.2 Å². The largest absolute Gasteiger partial charge is 0.354 e. The highest BCUT2D eigenvalue weighted by molar-refractivity contribution is 5.88. The van der Waals surface area contributed by atoms with Crippen LogP contribution in [0.1, 0.15) is 48.4 Å². The Labute approximate surface area is 208 Å². The minimum absolute atomic E-state index is 0.0959. The molecule has 0 aromatic heterocycles. The Hall–Kier alpha value is -3.47. The van der Waals surface area contributed by atoms with Crippen LogP contribution in [0.2, 0.25) is 0 Å². The van der Waals surface area contributed by atoms with Crippen LogP contribution in [0, 0.1) is 12.7 Å². The number of carbonyl (C=O) groups is 2. The van der Waals surface area contributed by atoms with E-state index in [0.717, 1.165) is 29.5 Å². The van der Waals surface area contributed by atoms with Crippen molar-refractivity contribution in [3.8, 4) is 0 Å². The Balaban J connectivity index is 1.86. The molecule has 4 nitrogen and oxygen atoms in total. The van der Waals surface area contributed by atoms with Crippen LogP contribution in [0.15, 0.2) is 78.9 Å². The molecule has 0 heterocycles. The van der Waals surface area contributed by atoms with E-state index in [4.69, 9.17) is 0 Å². The van der Waals surface area contributed by atoms with Gasteiger partial charge in [0.15, 0.2) is 0 Å². The number of hydrogen-bond donors (Lipinski definition) is 1. The van der Waals surface area contributed by atoms with Gasteiger partial charge in [-0.25, -0.2) is 4.39 Å². The van der Waals surface area contributed by atoms with Crippen LogP contribution < -0.4 is 5.32 Å². The third-order valence-electron chi connectivity index (χ3n) is 6.11. The quantitative estimate of drug-likeness (QED) is 0.346. The fourth-order valence-electron chi connectivity index (χ4n) is 4.00. The second kappa shape index (κ2) is 13.4. The summed E-state index contributed by atoms with van der Waals surface area (Å²) in [6.07, 6.45) is 3.14. The van der Waals surface area contributed by atoms with Crippen LogP contribution in [0.3, 0.4) is 0 Å². The van der Waals surface area contributed by atoms with Crippen LogP contribution in [0.4, 0.5) is 4.39 Å². The lowest BCUT2D eigenvalue weighted by Gasteiger charge is -2.31. The van der Waals surface area contributed by atoms with Crippen molar-refractivity contribution in [2.24, 2.45) is 0 Å². The summed E-state index contributed by atoms with van der Waals surface area (Å²) in [5.41, 5.74) is 4.02. The number of amides is 2. The van der Waals surface area contributed by atoms with E-state index in [1.54, 1.807) is 17.0 Å². The molecule has 0 aliphatic heterocycles. The summed E-state index contributed by atoms with van der Waals surface area (Å²) in [5.74, 6) is -0.585. The fourth-order valence-corrected chi connectivity index (χ4v) is 4.00. The first kappa shape index (κ1) is 26.1. The molecule has 5 heteroatoms. The van der Waals surface area contributed by atoms with Crippen molar-refractivity contribution in [3.05, 3.63) is 107 Å². The van der Waals surface area contributed by atoms with Gasteiger partial charge < -0.3 is 10.2 Å². The van der Waals surface area contributed by atoms with Crippen LogP contribution >= 0.6 is 0 Å². The molecule has 3 aromatic rings. The molecule has 0 fully saturated rings. The first-order valence-electron chi connectivity index (χ1n) is 12.4. The fraction of sp³-hybridized carbons (Fsp3) is 0.333. The van der Waals surface area contributed by atoms with E-state index in [0.29, 0.717) is 19.4 Å². The van der Waals surface area contributed by atoms with E-state index in [1.807, 2.05) is 61.5 Å². The molecule has 2 amide bonds. The minimum atomic E-state index is -0.662. The third kappa shape index (κ3) is 8.36. The molecule has 0 saturated heterocycles. The smallest absolute Gasteiger partial charge is 0.243 e. The van der Waals surface area contributed by atoms with E-state index < -0.39 is 6.04 Å². The molecule has 0 unspecified atom stereocenters. The predicted molar refractivity (Wildman–Crippen MR) is 138 cm³/mol. The summed E-state index contributed by atoms with van der Waals surface area (Å²) in [4.78, 5) is 28.6. The number of nitrogens with zero attached hydrogens (tertiary/aromatic N) is 1. The highest BCUT2D eigenvalue weighted by Crippen LogP contribution is 2.17. The van der Waals surface area contributed by atoms with Crippen LogP contribution in [0.5, 0.6) is 0 Å². The number of unbranched alkanes of at least 4 members (excludes halogenated alkanes) is 1. The average molecular weight is 475 g/mol. The normalized spacial score (nSPS) is 11.6. The molecule has 184 valence electrons. The lowest BCUT2D eigenvalue weighted by Crippen LogP contribution is -2.50. The van der Waals surface area contributed by atoms with E-state index in [-0.39, 0.29) is 30.6 Å². The number of nitrogens with one attached hydrogen (secondary N) is 1. The first-order chi connectivity index (χ1) is 17.0. The maximum absolute atomic E-state index is 13.6. The molecular formula is C30H35FN2O2. The summed E-state index contributed by atoms with van der Waals surface area (Å²) in [6.45, 7) is 4.92. The van der Waals surface area contributed by atoms with Gasteiger partial charge in [-0.15, -0.1) is 0 Å². The average Bonchev–Trinajstić information content (AvgIpc) is 2.87. The molecule has 0 spiro atoms.